The van der Waals surface area contributed by atoms with Crippen LogP contribution in [-0.2, 0) is 0 Å². The molecular weight excluding hydrogens is 336 g/mol. The SMILES string of the molecule is CCOc1ccccc1NC(=O)c1cc(Br)cnc1NN. The van der Waals surface area contributed by atoms with Crippen molar-refractivity contribution < 1.29 is 9.53 Å². The summed E-state index contributed by atoms with van der Waals surface area (Å²) >= 11 is 3.28. The Morgan fingerprint density at radius 1 is 1.43 bits per heavy atom. The van der Waals surface area contributed by atoms with E-state index in [4.69, 9.17) is 10.6 Å². The number of carbonyl (C=O) groups is 1. The van der Waals surface area contributed by atoms with Crippen LogP contribution in [0.5, 0.6) is 5.75 Å². The quantitative estimate of drug-likeness (QED) is 0.569. The third-order valence-corrected chi connectivity index (χ3v) is 3.10. The third-order valence-electron chi connectivity index (χ3n) is 2.67. The van der Waals surface area contributed by atoms with Crippen LogP contribution in [0.1, 0.15) is 17.3 Å². The molecule has 2 rings (SSSR count). The van der Waals surface area contributed by atoms with Crippen LogP contribution < -0.4 is 21.3 Å². The number of halogens is 1. The van der Waals surface area contributed by atoms with Gasteiger partial charge in [0.2, 0.25) is 0 Å². The van der Waals surface area contributed by atoms with Crippen molar-refractivity contribution >= 4 is 33.3 Å². The van der Waals surface area contributed by atoms with Crippen molar-refractivity contribution in [3.63, 3.8) is 0 Å². The number of hydrogen-bond donors (Lipinski definition) is 3. The van der Waals surface area contributed by atoms with Crippen molar-refractivity contribution in [3.05, 3.63) is 46.6 Å². The Kier molecular flexibility index (Phi) is 5.13. The van der Waals surface area contributed by atoms with Gasteiger partial charge in [0.1, 0.15) is 5.75 Å². The van der Waals surface area contributed by atoms with Crippen LogP contribution in [0.15, 0.2) is 41.0 Å². The van der Waals surface area contributed by atoms with Crippen LogP contribution in [-0.4, -0.2) is 17.5 Å². The molecule has 1 aromatic carbocycles. The minimum atomic E-state index is -0.330. The topological polar surface area (TPSA) is 89.3 Å². The van der Waals surface area contributed by atoms with E-state index in [1.807, 2.05) is 19.1 Å². The Labute approximate surface area is 130 Å². The van der Waals surface area contributed by atoms with E-state index >= 15 is 0 Å². The summed E-state index contributed by atoms with van der Waals surface area (Å²) in [5, 5.41) is 2.79. The van der Waals surface area contributed by atoms with E-state index < -0.39 is 0 Å². The first-order chi connectivity index (χ1) is 10.2. The van der Waals surface area contributed by atoms with Crippen LogP contribution in [0, 0.1) is 0 Å². The van der Waals surface area contributed by atoms with Gasteiger partial charge < -0.3 is 15.5 Å². The summed E-state index contributed by atoms with van der Waals surface area (Å²) in [6.07, 6.45) is 1.56. The molecule has 0 unspecified atom stereocenters. The predicted octanol–water partition coefficient (Wildman–Crippen LogP) is 2.78. The lowest BCUT2D eigenvalue weighted by Crippen LogP contribution is -2.18. The number of nitrogens with one attached hydrogen (secondary N) is 2. The molecular formula is C14H15BrN4O2. The van der Waals surface area contributed by atoms with Crippen LogP contribution in [0.4, 0.5) is 11.5 Å². The molecule has 4 N–H and O–H groups in total. The molecule has 1 aromatic heterocycles. The molecule has 1 heterocycles. The van der Waals surface area contributed by atoms with Gasteiger partial charge in [-0.15, -0.1) is 0 Å². The van der Waals surface area contributed by atoms with Crippen molar-refractivity contribution in [2.45, 2.75) is 6.92 Å². The van der Waals surface area contributed by atoms with Gasteiger partial charge in [-0.1, -0.05) is 12.1 Å². The lowest BCUT2D eigenvalue weighted by molar-refractivity contribution is 0.102. The first-order valence-corrected chi connectivity index (χ1v) is 7.10. The second-order valence-corrected chi connectivity index (χ2v) is 4.99. The Balaban J connectivity index is 2.28. The summed E-state index contributed by atoms with van der Waals surface area (Å²) in [5.74, 6) is 5.95. The number of anilines is 2. The van der Waals surface area contributed by atoms with E-state index in [1.165, 1.54) is 0 Å². The van der Waals surface area contributed by atoms with Crippen molar-refractivity contribution in [1.82, 2.24) is 4.98 Å². The van der Waals surface area contributed by atoms with Gasteiger partial charge in [-0.25, -0.2) is 10.8 Å². The van der Waals surface area contributed by atoms with Gasteiger partial charge in [0.15, 0.2) is 5.82 Å². The second kappa shape index (κ2) is 7.05. The average Bonchev–Trinajstić information content (AvgIpc) is 2.49. The number of amides is 1. The number of nitrogens with zero attached hydrogens (tertiary/aromatic N) is 1. The van der Waals surface area contributed by atoms with Gasteiger partial charge in [-0.2, -0.15) is 0 Å². The van der Waals surface area contributed by atoms with Crippen molar-refractivity contribution in [3.8, 4) is 5.75 Å². The molecule has 0 bridgehead atoms. The fourth-order valence-electron chi connectivity index (χ4n) is 1.77. The van der Waals surface area contributed by atoms with Gasteiger partial charge >= 0.3 is 0 Å². The van der Waals surface area contributed by atoms with Crippen LogP contribution in [0.3, 0.4) is 0 Å². The van der Waals surface area contributed by atoms with E-state index in [1.54, 1.807) is 24.4 Å². The largest absolute Gasteiger partial charge is 0.492 e. The highest BCUT2D eigenvalue weighted by molar-refractivity contribution is 9.10. The van der Waals surface area contributed by atoms with Crippen LogP contribution in [0.2, 0.25) is 0 Å². The fraction of sp³-hybridized carbons (Fsp3) is 0.143. The first kappa shape index (κ1) is 15.3. The molecule has 6 nitrogen and oxygen atoms in total. The molecule has 0 saturated heterocycles. The van der Waals surface area contributed by atoms with Crippen molar-refractivity contribution in [2.24, 2.45) is 5.84 Å². The molecule has 0 saturated carbocycles. The lowest BCUT2D eigenvalue weighted by Gasteiger charge is -2.12. The molecule has 0 radical (unpaired) electrons. The molecule has 0 aliphatic rings. The second-order valence-electron chi connectivity index (χ2n) is 4.08. The maximum atomic E-state index is 12.4. The van der Waals surface area contributed by atoms with Crippen molar-refractivity contribution in [1.29, 1.82) is 0 Å². The van der Waals surface area contributed by atoms with Crippen molar-refractivity contribution in [2.75, 3.05) is 17.3 Å². The molecule has 110 valence electrons. The highest BCUT2D eigenvalue weighted by Crippen LogP contribution is 2.25. The zero-order chi connectivity index (χ0) is 15.2. The summed E-state index contributed by atoms with van der Waals surface area (Å²) < 4.78 is 6.16. The van der Waals surface area contributed by atoms with E-state index in [0.717, 1.165) is 0 Å². The van der Waals surface area contributed by atoms with E-state index in [-0.39, 0.29) is 5.91 Å². The normalized spacial score (nSPS) is 10.0. The number of hydrazine groups is 1. The maximum absolute atomic E-state index is 12.4. The lowest BCUT2D eigenvalue weighted by atomic mass is 10.2. The maximum Gasteiger partial charge on any atom is 0.259 e. The number of carbonyl (C=O) groups excluding carboxylic acids is 1. The van der Waals surface area contributed by atoms with Gasteiger partial charge in [0, 0.05) is 10.7 Å². The van der Waals surface area contributed by atoms with E-state index in [0.29, 0.717) is 33.9 Å². The first-order valence-electron chi connectivity index (χ1n) is 6.31. The minimum Gasteiger partial charge on any atom is -0.492 e. The molecule has 0 aliphatic heterocycles. The number of para-hydroxylation sites is 2. The molecule has 1 amide bonds. The Hall–Kier alpha value is -2.12. The van der Waals surface area contributed by atoms with E-state index in [2.05, 4.69) is 31.7 Å². The number of nitrogen functional groups attached to an aromatic ring is 1. The number of aromatic nitrogens is 1. The summed E-state index contributed by atoms with van der Waals surface area (Å²) in [4.78, 5) is 16.4. The molecule has 0 spiro atoms. The monoisotopic (exact) mass is 350 g/mol. The number of nitrogens with two attached hydrogens (primary N) is 1. The zero-order valence-electron chi connectivity index (χ0n) is 11.4. The predicted molar refractivity (Wildman–Crippen MR) is 85.3 cm³/mol. The van der Waals surface area contributed by atoms with Gasteiger partial charge in [0.25, 0.3) is 5.91 Å². The molecule has 0 fully saturated rings. The number of rotatable bonds is 5. The van der Waals surface area contributed by atoms with Crippen LogP contribution in [0.25, 0.3) is 0 Å². The smallest absolute Gasteiger partial charge is 0.259 e. The summed E-state index contributed by atoms with van der Waals surface area (Å²) in [5.41, 5.74) is 3.33. The number of benzene rings is 1. The van der Waals surface area contributed by atoms with Gasteiger partial charge in [-0.05, 0) is 41.1 Å². The molecule has 21 heavy (non-hydrogen) atoms. The zero-order valence-corrected chi connectivity index (χ0v) is 13.0. The van der Waals surface area contributed by atoms with E-state index in [9.17, 15) is 4.79 Å². The molecule has 0 aliphatic carbocycles. The molecule has 2 aromatic rings. The number of ether oxygens (including phenoxy) is 1. The average molecular weight is 351 g/mol. The highest BCUT2D eigenvalue weighted by Gasteiger charge is 2.15. The third kappa shape index (κ3) is 3.71. The fourth-order valence-corrected chi connectivity index (χ4v) is 2.10. The summed E-state index contributed by atoms with van der Waals surface area (Å²) in [7, 11) is 0. The summed E-state index contributed by atoms with van der Waals surface area (Å²) in [6, 6.07) is 8.86. The number of hydrogen-bond acceptors (Lipinski definition) is 5. The van der Waals surface area contributed by atoms with Gasteiger partial charge in [0.05, 0.1) is 17.9 Å². The standard InChI is InChI=1S/C14H15BrN4O2/c1-2-21-12-6-4-3-5-11(12)18-14(20)10-7-9(15)8-17-13(10)19-16/h3-8H,2,16H2,1H3,(H,17,19)(H,18,20). The molecule has 7 heteroatoms. The Morgan fingerprint density at radius 2 is 2.19 bits per heavy atom. The van der Waals surface area contributed by atoms with Gasteiger partial charge in [-0.3, -0.25) is 4.79 Å². The Morgan fingerprint density at radius 3 is 2.90 bits per heavy atom. The Bertz CT molecular complexity index is 649. The highest BCUT2D eigenvalue weighted by atomic mass is 79.9. The summed E-state index contributed by atoms with van der Waals surface area (Å²) in [6.45, 7) is 2.40. The van der Waals surface area contributed by atoms with Crippen LogP contribution >= 0.6 is 15.9 Å². The number of pyridine rings is 1. The molecule has 0 atom stereocenters. The minimum absolute atomic E-state index is 0.296.